The van der Waals surface area contributed by atoms with Gasteiger partial charge in [-0.1, -0.05) is 18.0 Å². The zero-order valence-electron chi connectivity index (χ0n) is 11.0. The van der Waals surface area contributed by atoms with E-state index in [1.807, 2.05) is 0 Å². The molecule has 1 aromatic rings. The summed E-state index contributed by atoms with van der Waals surface area (Å²) in [6.45, 7) is 0. The summed E-state index contributed by atoms with van der Waals surface area (Å²) in [5, 5.41) is 20.7. The molecule has 1 aliphatic rings. The highest BCUT2D eigenvalue weighted by Crippen LogP contribution is 2.33. The Bertz CT molecular complexity index is 601. The van der Waals surface area contributed by atoms with Crippen molar-refractivity contribution >= 4 is 35.1 Å². The smallest absolute Gasteiger partial charge is 0.337 e. The lowest BCUT2D eigenvalue weighted by molar-refractivity contribution is -0.145. The first-order chi connectivity index (χ1) is 9.90. The number of carboxylic acids is 2. The van der Waals surface area contributed by atoms with Gasteiger partial charge in [0.05, 0.1) is 22.4 Å². The van der Waals surface area contributed by atoms with Crippen molar-refractivity contribution in [1.82, 2.24) is 0 Å². The van der Waals surface area contributed by atoms with Crippen molar-refractivity contribution < 1.29 is 24.6 Å². The van der Waals surface area contributed by atoms with Crippen LogP contribution in [0.25, 0.3) is 0 Å². The number of benzene rings is 1. The number of aliphatic carboxylic acids is 1. The molecule has 0 aromatic heterocycles. The van der Waals surface area contributed by atoms with Crippen LogP contribution in [0.5, 0.6) is 0 Å². The number of carbonyl (C=O) groups excluding carboxylic acids is 1. The van der Waals surface area contributed by atoms with E-state index >= 15 is 0 Å². The maximum atomic E-state index is 12.1. The third-order valence-corrected chi connectivity index (χ3v) is 3.96. The van der Waals surface area contributed by atoms with Gasteiger partial charge in [-0.3, -0.25) is 9.59 Å². The second kappa shape index (κ2) is 6.13. The van der Waals surface area contributed by atoms with Crippen LogP contribution in [0.2, 0.25) is 5.02 Å². The molecule has 0 aliphatic heterocycles. The fourth-order valence-electron chi connectivity index (χ4n) is 2.57. The van der Waals surface area contributed by atoms with E-state index in [0.717, 1.165) is 0 Å². The van der Waals surface area contributed by atoms with E-state index in [1.165, 1.54) is 18.2 Å². The van der Waals surface area contributed by atoms with Gasteiger partial charge in [0.25, 0.3) is 0 Å². The average molecular weight is 312 g/mol. The van der Waals surface area contributed by atoms with Crippen LogP contribution in [0.3, 0.4) is 0 Å². The fraction of sp³-hybridized carbons (Fsp3) is 0.357. The van der Waals surface area contributed by atoms with Crippen molar-refractivity contribution in [2.45, 2.75) is 19.3 Å². The number of anilines is 1. The fourth-order valence-corrected chi connectivity index (χ4v) is 2.77. The molecule has 112 valence electrons. The Labute approximate surface area is 125 Å². The van der Waals surface area contributed by atoms with Crippen LogP contribution in [0.1, 0.15) is 29.6 Å². The van der Waals surface area contributed by atoms with Gasteiger partial charge in [-0.05, 0) is 31.0 Å². The topological polar surface area (TPSA) is 104 Å². The largest absolute Gasteiger partial charge is 0.481 e. The third-order valence-electron chi connectivity index (χ3n) is 3.63. The number of carbonyl (C=O) groups is 3. The predicted octanol–water partition coefficient (Wildman–Crippen LogP) is 2.48. The van der Waals surface area contributed by atoms with Crippen molar-refractivity contribution in [2.75, 3.05) is 5.32 Å². The first kappa shape index (κ1) is 15.3. The zero-order valence-corrected chi connectivity index (χ0v) is 11.8. The summed E-state index contributed by atoms with van der Waals surface area (Å²) in [6.07, 6.45) is 1.69. The van der Waals surface area contributed by atoms with Crippen LogP contribution >= 0.6 is 11.6 Å². The highest BCUT2D eigenvalue weighted by Gasteiger charge is 2.37. The maximum absolute atomic E-state index is 12.1. The van der Waals surface area contributed by atoms with Crippen molar-refractivity contribution in [1.29, 1.82) is 0 Å². The average Bonchev–Trinajstić information content (AvgIpc) is 2.90. The number of aromatic carboxylic acids is 1. The minimum atomic E-state index is -1.19. The SMILES string of the molecule is O=C(O)c1cc(NC(=O)[C@@H]2CCC[C@@H]2C(=O)O)ccc1Cl. The lowest BCUT2D eigenvalue weighted by atomic mass is 9.95. The van der Waals surface area contributed by atoms with E-state index in [-0.39, 0.29) is 16.3 Å². The molecule has 3 N–H and O–H groups in total. The Hall–Kier alpha value is -2.08. The Morgan fingerprint density at radius 2 is 1.81 bits per heavy atom. The molecule has 1 aromatic carbocycles. The van der Waals surface area contributed by atoms with Gasteiger partial charge in [-0.25, -0.2) is 4.79 Å². The first-order valence-electron chi connectivity index (χ1n) is 6.46. The maximum Gasteiger partial charge on any atom is 0.337 e. The molecular weight excluding hydrogens is 298 g/mol. The predicted molar refractivity (Wildman–Crippen MR) is 75.5 cm³/mol. The van der Waals surface area contributed by atoms with Gasteiger partial charge < -0.3 is 15.5 Å². The third kappa shape index (κ3) is 3.33. The number of rotatable bonds is 4. The summed E-state index contributed by atoms with van der Waals surface area (Å²) in [5.74, 6) is -3.85. The molecule has 2 rings (SSSR count). The highest BCUT2D eigenvalue weighted by molar-refractivity contribution is 6.33. The quantitative estimate of drug-likeness (QED) is 0.792. The van der Waals surface area contributed by atoms with Crippen LogP contribution in [0.15, 0.2) is 18.2 Å². The van der Waals surface area contributed by atoms with Crippen molar-refractivity contribution in [2.24, 2.45) is 11.8 Å². The van der Waals surface area contributed by atoms with Crippen LogP contribution in [-0.2, 0) is 9.59 Å². The highest BCUT2D eigenvalue weighted by atomic mass is 35.5. The minimum Gasteiger partial charge on any atom is -0.481 e. The van der Waals surface area contributed by atoms with E-state index in [4.69, 9.17) is 21.8 Å². The summed E-state index contributed by atoms with van der Waals surface area (Å²) in [7, 11) is 0. The zero-order chi connectivity index (χ0) is 15.6. The number of carboxylic acid groups (broad SMARTS) is 2. The Balaban J connectivity index is 2.14. The Morgan fingerprint density at radius 3 is 2.43 bits per heavy atom. The van der Waals surface area contributed by atoms with Gasteiger partial charge in [0, 0.05) is 5.69 Å². The van der Waals surface area contributed by atoms with Gasteiger partial charge in [0.1, 0.15) is 0 Å². The van der Waals surface area contributed by atoms with E-state index in [2.05, 4.69) is 5.32 Å². The molecule has 0 unspecified atom stereocenters. The van der Waals surface area contributed by atoms with Crippen molar-refractivity contribution in [3.63, 3.8) is 0 Å². The summed E-state index contributed by atoms with van der Waals surface area (Å²) in [6, 6.07) is 4.12. The Kier molecular flexibility index (Phi) is 4.47. The molecule has 1 fully saturated rings. The summed E-state index contributed by atoms with van der Waals surface area (Å²) in [5.41, 5.74) is 0.175. The lowest BCUT2D eigenvalue weighted by Crippen LogP contribution is -2.30. The number of halogens is 1. The van der Waals surface area contributed by atoms with Crippen LogP contribution in [0.4, 0.5) is 5.69 Å². The molecule has 0 bridgehead atoms. The van der Waals surface area contributed by atoms with E-state index < -0.39 is 29.7 Å². The monoisotopic (exact) mass is 311 g/mol. The van der Waals surface area contributed by atoms with Crippen molar-refractivity contribution in [3.05, 3.63) is 28.8 Å². The molecule has 1 amide bonds. The van der Waals surface area contributed by atoms with Gasteiger partial charge in [0.15, 0.2) is 0 Å². The van der Waals surface area contributed by atoms with E-state index in [0.29, 0.717) is 19.3 Å². The first-order valence-corrected chi connectivity index (χ1v) is 6.84. The molecule has 2 atom stereocenters. The molecule has 1 aliphatic carbocycles. The number of hydrogen-bond acceptors (Lipinski definition) is 3. The summed E-state index contributed by atoms with van der Waals surface area (Å²) < 4.78 is 0. The minimum absolute atomic E-state index is 0.0739. The molecule has 0 heterocycles. The Morgan fingerprint density at radius 1 is 1.14 bits per heavy atom. The number of nitrogens with one attached hydrogen (secondary N) is 1. The second-order valence-electron chi connectivity index (χ2n) is 4.97. The van der Waals surface area contributed by atoms with E-state index in [1.54, 1.807) is 0 Å². The molecule has 7 heteroatoms. The molecule has 0 saturated heterocycles. The van der Waals surface area contributed by atoms with Gasteiger partial charge in [0.2, 0.25) is 5.91 Å². The number of amides is 1. The molecule has 0 spiro atoms. The van der Waals surface area contributed by atoms with Crippen LogP contribution < -0.4 is 5.32 Å². The second-order valence-corrected chi connectivity index (χ2v) is 5.38. The van der Waals surface area contributed by atoms with Crippen molar-refractivity contribution in [3.8, 4) is 0 Å². The molecule has 6 nitrogen and oxygen atoms in total. The molecular formula is C14H14ClNO5. The van der Waals surface area contributed by atoms with Crippen LogP contribution in [-0.4, -0.2) is 28.1 Å². The summed E-state index contributed by atoms with van der Waals surface area (Å²) in [4.78, 5) is 34.2. The molecule has 0 radical (unpaired) electrons. The van der Waals surface area contributed by atoms with E-state index in [9.17, 15) is 14.4 Å². The van der Waals surface area contributed by atoms with Crippen LogP contribution in [0, 0.1) is 11.8 Å². The van der Waals surface area contributed by atoms with Gasteiger partial charge >= 0.3 is 11.9 Å². The summed E-state index contributed by atoms with van der Waals surface area (Å²) >= 11 is 5.75. The number of hydrogen-bond donors (Lipinski definition) is 3. The van der Waals surface area contributed by atoms with Gasteiger partial charge in [-0.2, -0.15) is 0 Å². The lowest BCUT2D eigenvalue weighted by Gasteiger charge is -2.16. The molecule has 21 heavy (non-hydrogen) atoms. The van der Waals surface area contributed by atoms with Gasteiger partial charge in [-0.15, -0.1) is 0 Å². The molecule has 1 saturated carbocycles. The standard InChI is InChI=1S/C14H14ClNO5/c15-11-5-4-7(6-10(11)14(20)21)16-12(17)8-2-1-3-9(8)13(18)19/h4-6,8-9H,1-3H2,(H,16,17)(H,18,19)(H,20,21)/t8-,9+/m1/s1. The normalized spacial score (nSPS) is 21.0.